The van der Waals surface area contributed by atoms with Crippen LogP contribution >= 0.6 is 0 Å². The SMILES string of the molecule is Cc1cc(C(=O)Nc2ccc(N3CCNC3=O)cc2)no1. The average molecular weight is 286 g/mol. The minimum Gasteiger partial charge on any atom is -0.361 e. The van der Waals surface area contributed by atoms with Crippen LogP contribution in [-0.2, 0) is 0 Å². The summed E-state index contributed by atoms with van der Waals surface area (Å²) in [5.74, 6) is 0.244. The van der Waals surface area contributed by atoms with Crippen molar-refractivity contribution in [1.82, 2.24) is 10.5 Å². The molecule has 0 atom stereocenters. The van der Waals surface area contributed by atoms with Gasteiger partial charge in [0.15, 0.2) is 5.69 Å². The molecule has 2 heterocycles. The fourth-order valence-corrected chi connectivity index (χ4v) is 2.11. The first kappa shape index (κ1) is 13.2. The number of aryl methyl sites for hydroxylation is 1. The number of hydrogen-bond donors (Lipinski definition) is 2. The molecule has 2 aromatic rings. The molecule has 0 aliphatic carbocycles. The van der Waals surface area contributed by atoms with Crippen LogP contribution in [0, 0.1) is 6.92 Å². The Morgan fingerprint density at radius 1 is 1.38 bits per heavy atom. The second-order valence-corrected chi connectivity index (χ2v) is 4.71. The van der Waals surface area contributed by atoms with Crippen LogP contribution in [0.15, 0.2) is 34.9 Å². The Bertz CT molecular complexity index is 678. The maximum absolute atomic E-state index is 11.9. The van der Waals surface area contributed by atoms with Crippen LogP contribution in [-0.4, -0.2) is 30.2 Å². The van der Waals surface area contributed by atoms with E-state index in [0.29, 0.717) is 24.5 Å². The molecule has 1 aromatic carbocycles. The van der Waals surface area contributed by atoms with Gasteiger partial charge in [-0.05, 0) is 31.2 Å². The number of urea groups is 1. The third-order valence-corrected chi connectivity index (χ3v) is 3.15. The summed E-state index contributed by atoms with van der Waals surface area (Å²) >= 11 is 0. The summed E-state index contributed by atoms with van der Waals surface area (Å²) in [6.07, 6.45) is 0. The van der Waals surface area contributed by atoms with Gasteiger partial charge in [-0.3, -0.25) is 9.69 Å². The average Bonchev–Trinajstić information content (AvgIpc) is 3.08. The molecule has 7 nitrogen and oxygen atoms in total. The van der Waals surface area contributed by atoms with E-state index < -0.39 is 0 Å². The van der Waals surface area contributed by atoms with Crippen LogP contribution in [0.25, 0.3) is 0 Å². The Balaban J connectivity index is 1.69. The van der Waals surface area contributed by atoms with Gasteiger partial charge in [0.1, 0.15) is 5.76 Å². The first-order valence-corrected chi connectivity index (χ1v) is 6.53. The van der Waals surface area contributed by atoms with Crippen molar-refractivity contribution in [3.05, 3.63) is 41.8 Å². The number of benzene rings is 1. The highest BCUT2D eigenvalue weighted by Crippen LogP contribution is 2.20. The molecule has 1 fully saturated rings. The van der Waals surface area contributed by atoms with Crippen LogP contribution in [0.4, 0.5) is 16.2 Å². The maximum Gasteiger partial charge on any atom is 0.321 e. The maximum atomic E-state index is 11.9. The van der Waals surface area contributed by atoms with Gasteiger partial charge in [-0.1, -0.05) is 5.16 Å². The van der Waals surface area contributed by atoms with Crippen LogP contribution in [0.2, 0.25) is 0 Å². The molecule has 0 bridgehead atoms. The van der Waals surface area contributed by atoms with Crippen molar-refractivity contribution in [3.63, 3.8) is 0 Å². The lowest BCUT2D eigenvalue weighted by Gasteiger charge is -2.14. The molecule has 7 heteroatoms. The van der Waals surface area contributed by atoms with Gasteiger partial charge < -0.3 is 15.2 Å². The molecule has 0 radical (unpaired) electrons. The van der Waals surface area contributed by atoms with Crippen LogP contribution in [0.3, 0.4) is 0 Å². The summed E-state index contributed by atoms with van der Waals surface area (Å²) in [5.41, 5.74) is 1.65. The van der Waals surface area contributed by atoms with Gasteiger partial charge in [-0.2, -0.15) is 0 Å². The zero-order valence-corrected chi connectivity index (χ0v) is 11.4. The highest BCUT2D eigenvalue weighted by atomic mass is 16.5. The zero-order valence-electron chi connectivity index (χ0n) is 11.4. The van der Waals surface area contributed by atoms with E-state index in [1.54, 1.807) is 42.2 Å². The summed E-state index contributed by atoms with van der Waals surface area (Å²) in [5, 5.41) is 9.11. The predicted octanol–water partition coefficient (Wildman–Crippen LogP) is 1.76. The summed E-state index contributed by atoms with van der Waals surface area (Å²) < 4.78 is 4.86. The minimum absolute atomic E-state index is 0.107. The zero-order chi connectivity index (χ0) is 14.8. The van der Waals surface area contributed by atoms with Crippen LogP contribution in [0.1, 0.15) is 16.2 Å². The third kappa shape index (κ3) is 2.71. The standard InChI is InChI=1S/C14H14N4O3/c1-9-8-12(17-21-9)13(19)16-10-2-4-11(5-3-10)18-7-6-15-14(18)20/h2-5,8H,6-7H2,1H3,(H,15,20)(H,16,19). The van der Waals surface area contributed by atoms with Gasteiger partial charge in [0.05, 0.1) is 0 Å². The van der Waals surface area contributed by atoms with Crippen molar-refractivity contribution >= 4 is 23.3 Å². The normalized spacial score (nSPS) is 14.1. The van der Waals surface area contributed by atoms with Crippen molar-refractivity contribution in [3.8, 4) is 0 Å². The summed E-state index contributed by atoms with van der Waals surface area (Å²) in [6, 6.07) is 8.52. The van der Waals surface area contributed by atoms with Crippen molar-refractivity contribution in [2.24, 2.45) is 0 Å². The van der Waals surface area contributed by atoms with Gasteiger partial charge in [-0.25, -0.2) is 4.79 Å². The lowest BCUT2D eigenvalue weighted by Crippen LogP contribution is -2.27. The molecule has 1 saturated heterocycles. The molecule has 108 valence electrons. The van der Waals surface area contributed by atoms with E-state index in [-0.39, 0.29) is 17.6 Å². The molecule has 1 aliphatic rings. The van der Waals surface area contributed by atoms with E-state index in [1.165, 1.54) is 0 Å². The number of hydrogen-bond acceptors (Lipinski definition) is 4. The number of rotatable bonds is 3. The molecule has 3 amide bonds. The van der Waals surface area contributed by atoms with Gasteiger partial charge in [0.2, 0.25) is 0 Å². The summed E-state index contributed by atoms with van der Waals surface area (Å²) in [6.45, 7) is 3.01. The van der Waals surface area contributed by atoms with Crippen molar-refractivity contribution < 1.29 is 14.1 Å². The quantitative estimate of drug-likeness (QED) is 0.900. The van der Waals surface area contributed by atoms with Gasteiger partial charge >= 0.3 is 6.03 Å². The number of nitrogens with zero attached hydrogens (tertiary/aromatic N) is 2. The Hall–Kier alpha value is -2.83. The lowest BCUT2D eigenvalue weighted by atomic mass is 10.2. The fraction of sp³-hybridized carbons (Fsp3) is 0.214. The molecule has 1 aliphatic heterocycles. The molecular formula is C14H14N4O3. The van der Waals surface area contributed by atoms with E-state index in [0.717, 1.165) is 5.69 Å². The predicted molar refractivity (Wildman–Crippen MR) is 76.4 cm³/mol. The summed E-state index contributed by atoms with van der Waals surface area (Å²) in [4.78, 5) is 25.1. The molecule has 1 aromatic heterocycles. The van der Waals surface area contributed by atoms with Crippen molar-refractivity contribution in [2.45, 2.75) is 6.92 Å². The highest BCUT2D eigenvalue weighted by molar-refractivity contribution is 6.03. The number of anilines is 2. The topological polar surface area (TPSA) is 87.5 Å². The number of carbonyl (C=O) groups is 2. The van der Waals surface area contributed by atoms with Gasteiger partial charge in [0.25, 0.3) is 5.91 Å². The molecule has 21 heavy (non-hydrogen) atoms. The Morgan fingerprint density at radius 2 is 2.14 bits per heavy atom. The number of carbonyl (C=O) groups excluding carboxylic acids is 2. The molecule has 0 saturated carbocycles. The second-order valence-electron chi connectivity index (χ2n) is 4.71. The molecule has 2 N–H and O–H groups in total. The van der Waals surface area contributed by atoms with Gasteiger partial charge in [-0.15, -0.1) is 0 Å². The Kier molecular flexibility index (Phi) is 3.31. The molecule has 0 spiro atoms. The Labute approximate surface area is 120 Å². The third-order valence-electron chi connectivity index (χ3n) is 3.15. The summed E-state index contributed by atoms with van der Waals surface area (Å²) in [7, 11) is 0. The van der Waals surface area contributed by atoms with E-state index in [2.05, 4.69) is 15.8 Å². The minimum atomic E-state index is -0.335. The first-order valence-electron chi connectivity index (χ1n) is 6.53. The van der Waals surface area contributed by atoms with E-state index >= 15 is 0 Å². The van der Waals surface area contributed by atoms with Crippen molar-refractivity contribution in [1.29, 1.82) is 0 Å². The first-order chi connectivity index (χ1) is 10.1. The molecule has 0 unspecified atom stereocenters. The van der Waals surface area contributed by atoms with E-state index in [4.69, 9.17) is 4.52 Å². The Morgan fingerprint density at radius 3 is 2.71 bits per heavy atom. The van der Waals surface area contributed by atoms with Crippen LogP contribution < -0.4 is 15.5 Å². The number of aromatic nitrogens is 1. The fourth-order valence-electron chi connectivity index (χ4n) is 2.11. The van der Waals surface area contributed by atoms with Crippen molar-refractivity contribution in [2.75, 3.05) is 23.3 Å². The molecule has 3 rings (SSSR count). The lowest BCUT2D eigenvalue weighted by molar-refractivity contribution is 0.101. The number of nitrogens with one attached hydrogen (secondary N) is 2. The highest BCUT2D eigenvalue weighted by Gasteiger charge is 2.20. The number of amides is 3. The largest absolute Gasteiger partial charge is 0.361 e. The molecular weight excluding hydrogens is 272 g/mol. The van der Waals surface area contributed by atoms with E-state index in [9.17, 15) is 9.59 Å². The smallest absolute Gasteiger partial charge is 0.321 e. The van der Waals surface area contributed by atoms with E-state index in [1.807, 2.05) is 0 Å². The van der Waals surface area contributed by atoms with Gasteiger partial charge in [0, 0.05) is 30.5 Å². The second kappa shape index (κ2) is 5.28. The van der Waals surface area contributed by atoms with Crippen LogP contribution in [0.5, 0.6) is 0 Å². The monoisotopic (exact) mass is 286 g/mol.